The van der Waals surface area contributed by atoms with Crippen LogP contribution in [0.4, 0.5) is 0 Å². The third-order valence-electron chi connectivity index (χ3n) is 4.30. The average molecular weight is 266 g/mol. The van der Waals surface area contributed by atoms with E-state index in [-0.39, 0.29) is 11.6 Å². The third kappa shape index (κ3) is 3.37. The number of aromatic nitrogens is 2. The van der Waals surface area contributed by atoms with Crippen LogP contribution in [0.1, 0.15) is 52.4 Å². The van der Waals surface area contributed by atoms with Crippen molar-refractivity contribution in [1.82, 2.24) is 19.8 Å². The molecule has 0 bridgehead atoms. The smallest absolute Gasteiger partial charge is 0.127 e. The maximum absolute atomic E-state index is 4.61. The predicted molar refractivity (Wildman–Crippen MR) is 81.3 cm³/mol. The molecular formula is C15H30N4. The molecular weight excluding hydrogens is 236 g/mol. The highest BCUT2D eigenvalue weighted by atomic mass is 15.2. The van der Waals surface area contributed by atoms with Crippen LogP contribution in [-0.4, -0.2) is 40.6 Å². The Bertz CT molecular complexity index is 372. The molecule has 1 N–H and O–H groups in total. The van der Waals surface area contributed by atoms with Crippen molar-refractivity contribution in [3.05, 3.63) is 18.2 Å². The molecule has 0 aliphatic carbocycles. The van der Waals surface area contributed by atoms with Gasteiger partial charge < -0.3 is 14.8 Å². The minimum Gasteiger partial charge on any atom is -0.334 e. The molecule has 1 rings (SSSR count). The van der Waals surface area contributed by atoms with E-state index >= 15 is 0 Å². The first-order valence-electron chi connectivity index (χ1n) is 7.43. The zero-order valence-corrected chi connectivity index (χ0v) is 13.4. The Morgan fingerprint density at radius 1 is 1.37 bits per heavy atom. The lowest BCUT2D eigenvalue weighted by molar-refractivity contribution is 0.106. The second-order valence-electron chi connectivity index (χ2n) is 5.56. The summed E-state index contributed by atoms with van der Waals surface area (Å²) in [6.07, 6.45) is 6.20. The van der Waals surface area contributed by atoms with Crippen molar-refractivity contribution in [2.24, 2.45) is 0 Å². The van der Waals surface area contributed by atoms with Gasteiger partial charge in [0.2, 0.25) is 0 Å². The van der Waals surface area contributed by atoms with Gasteiger partial charge in [-0.15, -0.1) is 0 Å². The minimum absolute atomic E-state index is 0.0629. The molecule has 0 aromatic carbocycles. The molecule has 0 amide bonds. The highest BCUT2D eigenvalue weighted by molar-refractivity contribution is 5.09. The molecule has 1 heterocycles. The predicted octanol–water partition coefficient (Wildman–Crippen LogP) is 2.67. The van der Waals surface area contributed by atoms with Gasteiger partial charge in [0.25, 0.3) is 0 Å². The van der Waals surface area contributed by atoms with Crippen molar-refractivity contribution in [3.8, 4) is 0 Å². The van der Waals surface area contributed by atoms with Crippen LogP contribution < -0.4 is 5.32 Å². The van der Waals surface area contributed by atoms with Gasteiger partial charge in [-0.2, -0.15) is 0 Å². The van der Waals surface area contributed by atoms with Crippen LogP contribution in [0.25, 0.3) is 0 Å². The molecule has 0 fully saturated rings. The first kappa shape index (κ1) is 16.2. The molecule has 0 radical (unpaired) electrons. The molecule has 0 spiro atoms. The molecule has 0 saturated carbocycles. The molecule has 2 unspecified atom stereocenters. The van der Waals surface area contributed by atoms with E-state index in [0.29, 0.717) is 0 Å². The molecule has 2 atom stereocenters. The van der Waals surface area contributed by atoms with Gasteiger partial charge in [-0.25, -0.2) is 4.98 Å². The number of aryl methyl sites for hydroxylation is 1. The van der Waals surface area contributed by atoms with Gasteiger partial charge in [0, 0.05) is 24.5 Å². The fraction of sp³-hybridized carbons (Fsp3) is 0.800. The Kier molecular flexibility index (Phi) is 6.01. The second-order valence-corrected chi connectivity index (χ2v) is 5.56. The minimum atomic E-state index is 0.0629. The topological polar surface area (TPSA) is 33.1 Å². The summed E-state index contributed by atoms with van der Waals surface area (Å²) in [6.45, 7) is 10.9. The summed E-state index contributed by atoms with van der Waals surface area (Å²) in [5.74, 6) is 1.15. The lowest BCUT2D eigenvalue weighted by Gasteiger charge is -2.42. The van der Waals surface area contributed by atoms with Gasteiger partial charge in [-0.3, -0.25) is 0 Å². The van der Waals surface area contributed by atoms with E-state index in [4.69, 9.17) is 0 Å². The van der Waals surface area contributed by atoms with Crippen molar-refractivity contribution in [2.45, 2.75) is 58.7 Å². The van der Waals surface area contributed by atoms with Gasteiger partial charge in [0.15, 0.2) is 0 Å². The van der Waals surface area contributed by atoms with Crippen LogP contribution in [0.3, 0.4) is 0 Å². The van der Waals surface area contributed by atoms with E-state index in [9.17, 15) is 0 Å². The number of rotatable bonds is 8. The number of hydrogen-bond donors (Lipinski definition) is 1. The Labute approximate surface area is 118 Å². The first-order valence-corrected chi connectivity index (χ1v) is 7.43. The van der Waals surface area contributed by atoms with Crippen LogP contribution >= 0.6 is 0 Å². The number of nitrogens with one attached hydrogen (secondary N) is 1. The van der Waals surface area contributed by atoms with Crippen molar-refractivity contribution >= 4 is 0 Å². The van der Waals surface area contributed by atoms with E-state index < -0.39 is 0 Å². The van der Waals surface area contributed by atoms with Crippen LogP contribution in [-0.2, 0) is 6.54 Å². The number of likely N-dealkylation sites (N-methyl/N-ethyl adjacent to an activating group) is 1. The van der Waals surface area contributed by atoms with Gasteiger partial charge in [-0.05, 0) is 47.3 Å². The second kappa shape index (κ2) is 7.06. The molecule has 0 saturated heterocycles. The van der Waals surface area contributed by atoms with E-state index in [0.717, 1.165) is 31.8 Å². The molecule has 1 aromatic rings. The van der Waals surface area contributed by atoms with E-state index in [1.54, 1.807) is 0 Å². The maximum atomic E-state index is 4.61. The molecule has 1 aromatic heterocycles. The quantitative estimate of drug-likeness (QED) is 0.785. The fourth-order valence-corrected chi connectivity index (χ4v) is 2.50. The average Bonchev–Trinajstić information content (AvgIpc) is 2.86. The number of hydrogen-bond acceptors (Lipinski definition) is 3. The molecule has 110 valence electrons. The third-order valence-corrected chi connectivity index (χ3v) is 4.30. The standard InChI is InChI=1S/C15H30N4/c1-7-10-16-13(15(4,8-2)18(5)6)14-17-11-12-19(14)9-3/h11-13,16H,7-10H2,1-6H3. The number of nitrogens with zero attached hydrogens (tertiary/aromatic N) is 3. The zero-order chi connectivity index (χ0) is 14.5. The largest absolute Gasteiger partial charge is 0.334 e. The lowest BCUT2D eigenvalue weighted by Crippen LogP contribution is -2.52. The summed E-state index contributed by atoms with van der Waals surface area (Å²) >= 11 is 0. The van der Waals surface area contributed by atoms with Crippen molar-refractivity contribution in [1.29, 1.82) is 0 Å². The highest BCUT2D eigenvalue weighted by Crippen LogP contribution is 2.32. The van der Waals surface area contributed by atoms with Crippen molar-refractivity contribution in [2.75, 3.05) is 20.6 Å². The molecule has 19 heavy (non-hydrogen) atoms. The van der Waals surface area contributed by atoms with E-state index in [1.807, 2.05) is 6.20 Å². The summed E-state index contributed by atoms with van der Waals surface area (Å²) in [6, 6.07) is 0.252. The van der Waals surface area contributed by atoms with Crippen LogP contribution in [0.5, 0.6) is 0 Å². The Morgan fingerprint density at radius 2 is 2.05 bits per heavy atom. The Morgan fingerprint density at radius 3 is 2.53 bits per heavy atom. The highest BCUT2D eigenvalue weighted by Gasteiger charge is 2.37. The SMILES string of the molecule is CCCNC(c1nccn1CC)C(C)(CC)N(C)C. The van der Waals surface area contributed by atoms with Gasteiger partial charge >= 0.3 is 0 Å². The fourth-order valence-electron chi connectivity index (χ4n) is 2.50. The monoisotopic (exact) mass is 266 g/mol. The summed E-state index contributed by atoms with van der Waals surface area (Å²) in [5.41, 5.74) is 0.0629. The number of imidazole rings is 1. The molecule has 4 heteroatoms. The van der Waals surface area contributed by atoms with Crippen LogP contribution in [0, 0.1) is 0 Å². The zero-order valence-electron chi connectivity index (χ0n) is 13.4. The maximum Gasteiger partial charge on any atom is 0.127 e. The first-order chi connectivity index (χ1) is 9.01. The van der Waals surface area contributed by atoms with E-state index in [1.165, 1.54) is 0 Å². The summed E-state index contributed by atoms with van der Waals surface area (Å²) in [5, 5.41) is 3.69. The summed E-state index contributed by atoms with van der Waals surface area (Å²) in [4.78, 5) is 6.93. The Balaban J connectivity index is 3.13. The van der Waals surface area contributed by atoms with Crippen molar-refractivity contribution < 1.29 is 0 Å². The van der Waals surface area contributed by atoms with Crippen LogP contribution in [0.15, 0.2) is 12.4 Å². The molecule has 4 nitrogen and oxygen atoms in total. The normalized spacial score (nSPS) is 16.6. The lowest BCUT2D eigenvalue weighted by atomic mass is 9.87. The van der Waals surface area contributed by atoms with Gasteiger partial charge in [0.1, 0.15) is 5.82 Å². The van der Waals surface area contributed by atoms with Crippen LogP contribution in [0.2, 0.25) is 0 Å². The molecule has 0 aliphatic rings. The molecule has 0 aliphatic heterocycles. The van der Waals surface area contributed by atoms with Gasteiger partial charge in [0.05, 0.1) is 6.04 Å². The summed E-state index contributed by atoms with van der Waals surface area (Å²) < 4.78 is 2.24. The van der Waals surface area contributed by atoms with E-state index in [2.05, 4.69) is 67.8 Å². The Hall–Kier alpha value is -0.870. The van der Waals surface area contributed by atoms with Crippen molar-refractivity contribution in [3.63, 3.8) is 0 Å². The van der Waals surface area contributed by atoms with Gasteiger partial charge in [-0.1, -0.05) is 13.8 Å². The summed E-state index contributed by atoms with van der Waals surface area (Å²) in [7, 11) is 4.31.